The molecule has 102 valence electrons. The van der Waals surface area contributed by atoms with Gasteiger partial charge >= 0.3 is 0 Å². The van der Waals surface area contributed by atoms with E-state index >= 15 is 0 Å². The number of likely N-dealkylation sites (tertiary alicyclic amines) is 1. The molecule has 0 aromatic heterocycles. The van der Waals surface area contributed by atoms with Crippen LogP contribution in [-0.4, -0.2) is 34.4 Å². The first-order valence-corrected chi connectivity index (χ1v) is 6.28. The predicted molar refractivity (Wildman–Crippen MR) is 72.0 cm³/mol. The number of carbonyl (C=O) groups is 1. The Kier molecular flexibility index (Phi) is 3.69. The summed E-state index contributed by atoms with van der Waals surface area (Å²) in [5, 5.41) is 14.0. The van der Waals surface area contributed by atoms with Gasteiger partial charge in [-0.3, -0.25) is 14.9 Å². The van der Waals surface area contributed by atoms with Gasteiger partial charge in [0.15, 0.2) is 0 Å². The molecule has 1 heterocycles. The van der Waals surface area contributed by atoms with Crippen LogP contribution in [-0.2, 0) is 4.79 Å². The lowest BCUT2D eigenvalue weighted by Crippen LogP contribution is -2.33. The minimum Gasteiger partial charge on any atom is -0.374 e. The van der Waals surface area contributed by atoms with Gasteiger partial charge in [0.25, 0.3) is 5.69 Å². The molecular formula is C13H17N3O3. The molecule has 1 aromatic carbocycles. The van der Waals surface area contributed by atoms with Crippen molar-refractivity contribution in [3.05, 3.63) is 34.4 Å². The van der Waals surface area contributed by atoms with E-state index in [1.54, 1.807) is 23.1 Å². The molecule has 1 aliphatic heterocycles. The van der Waals surface area contributed by atoms with E-state index in [2.05, 4.69) is 5.32 Å². The van der Waals surface area contributed by atoms with Crippen LogP contribution in [0, 0.1) is 10.1 Å². The van der Waals surface area contributed by atoms with Crippen LogP contribution >= 0.6 is 0 Å². The highest BCUT2D eigenvalue weighted by Gasteiger charge is 2.31. The molecule has 6 heteroatoms. The number of hydrogen-bond acceptors (Lipinski definition) is 4. The Morgan fingerprint density at radius 2 is 2.11 bits per heavy atom. The Balaban J connectivity index is 2.11. The van der Waals surface area contributed by atoms with Gasteiger partial charge in [-0.2, -0.15) is 0 Å². The van der Waals surface area contributed by atoms with E-state index in [4.69, 9.17) is 0 Å². The summed E-state index contributed by atoms with van der Waals surface area (Å²) >= 11 is 0. The first-order chi connectivity index (χ1) is 8.99. The van der Waals surface area contributed by atoms with E-state index in [0.717, 1.165) is 0 Å². The number of carbonyl (C=O) groups excluding carboxylic acids is 1. The number of nitro benzene ring substituents is 1. The first-order valence-electron chi connectivity index (χ1n) is 6.28. The standard InChI is InChI=1S/C13H17N3O3/c1-9(2)15-8-10(7-13(15)17)14-11-5-3-4-6-12(11)16(18)19/h3-6,9-10,14H,7-8H2,1-2H3/t10-/m0/s1. The van der Waals surface area contributed by atoms with Crippen molar-refractivity contribution >= 4 is 17.3 Å². The van der Waals surface area contributed by atoms with Gasteiger partial charge in [-0.1, -0.05) is 12.1 Å². The van der Waals surface area contributed by atoms with Gasteiger partial charge < -0.3 is 10.2 Å². The van der Waals surface area contributed by atoms with E-state index in [9.17, 15) is 14.9 Å². The summed E-state index contributed by atoms with van der Waals surface area (Å²) in [7, 11) is 0. The second kappa shape index (κ2) is 5.26. The van der Waals surface area contributed by atoms with Crippen LogP contribution in [0.2, 0.25) is 0 Å². The minimum atomic E-state index is -0.417. The van der Waals surface area contributed by atoms with Crippen LogP contribution in [0.4, 0.5) is 11.4 Å². The van der Waals surface area contributed by atoms with Crippen LogP contribution in [0.5, 0.6) is 0 Å². The number of nitrogens with zero attached hydrogens (tertiary/aromatic N) is 2. The molecule has 0 bridgehead atoms. The molecule has 1 atom stereocenters. The summed E-state index contributed by atoms with van der Waals surface area (Å²) in [6.45, 7) is 4.51. The summed E-state index contributed by atoms with van der Waals surface area (Å²) in [6, 6.07) is 6.58. The first kappa shape index (κ1) is 13.3. The Bertz CT molecular complexity index is 502. The van der Waals surface area contributed by atoms with Gasteiger partial charge in [-0.25, -0.2) is 0 Å². The van der Waals surface area contributed by atoms with E-state index in [0.29, 0.717) is 18.7 Å². The highest BCUT2D eigenvalue weighted by molar-refractivity contribution is 5.80. The van der Waals surface area contributed by atoms with Crippen molar-refractivity contribution in [1.29, 1.82) is 0 Å². The number of para-hydroxylation sites is 2. The van der Waals surface area contributed by atoms with Crippen LogP contribution in [0.3, 0.4) is 0 Å². The van der Waals surface area contributed by atoms with E-state index in [1.807, 2.05) is 13.8 Å². The zero-order chi connectivity index (χ0) is 14.0. The van der Waals surface area contributed by atoms with Crippen LogP contribution in [0.15, 0.2) is 24.3 Å². The van der Waals surface area contributed by atoms with Crippen LogP contribution in [0.25, 0.3) is 0 Å². The molecule has 6 nitrogen and oxygen atoms in total. The number of anilines is 1. The van der Waals surface area contributed by atoms with Crippen LogP contribution < -0.4 is 5.32 Å². The fraction of sp³-hybridized carbons (Fsp3) is 0.462. The van der Waals surface area contributed by atoms with Gasteiger partial charge in [-0.15, -0.1) is 0 Å². The third-order valence-electron chi connectivity index (χ3n) is 3.24. The second-order valence-corrected chi connectivity index (χ2v) is 4.96. The quantitative estimate of drug-likeness (QED) is 0.666. The smallest absolute Gasteiger partial charge is 0.292 e. The molecule has 0 unspecified atom stereocenters. The average Bonchev–Trinajstić information content (AvgIpc) is 2.71. The lowest BCUT2D eigenvalue weighted by atomic mass is 10.2. The molecule has 0 radical (unpaired) electrons. The molecule has 2 rings (SSSR count). The number of benzene rings is 1. The number of nitrogens with one attached hydrogen (secondary N) is 1. The Hall–Kier alpha value is -2.11. The SMILES string of the molecule is CC(C)N1C[C@@H](Nc2ccccc2[N+](=O)[O-])CC1=O. The molecule has 1 aliphatic rings. The maximum atomic E-state index is 11.8. The molecule has 1 N–H and O–H groups in total. The van der Waals surface area contributed by atoms with Gasteiger partial charge in [0, 0.05) is 25.1 Å². The Morgan fingerprint density at radius 3 is 2.68 bits per heavy atom. The van der Waals surface area contributed by atoms with Crippen molar-refractivity contribution in [3.63, 3.8) is 0 Å². The molecule has 1 fully saturated rings. The van der Waals surface area contributed by atoms with Crippen molar-refractivity contribution in [2.24, 2.45) is 0 Å². The van der Waals surface area contributed by atoms with Crippen molar-refractivity contribution in [3.8, 4) is 0 Å². The summed E-state index contributed by atoms with van der Waals surface area (Å²) in [5.74, 6) is 0.0890. The van der Waals surface area contributed by atoms with Gasteiger partial charge in [-0.05, 0) is 19.9 Å². The van der Waals surface area contributed by atoms with Gasteiger partial charge in [0.05, 0.1) is 11.0 Å². The summed E-state index contributed by atoms with van der Waals surface area (Å²) in [5.41, 5.74) is 0.508. The van der Waals surface area contributed by atoms with Crippen LogP contribution in [0.1, 0.15) is 20.3 Å². The Morgan fingerprint density at radius 1 is 1.42 bits per heavy atom. The molecule has 1 amide bonds. The third-order valence-corrected chi connectivity index (χ3v) is 3.24. The second-order valence-electron chi connectivity index (χ2n) is 4.96. The third kappa shape index (κ3) is 2.83. The molecular weight excluding hydrogens is 246 g/mol. The minimum absolute atomic E-state index is 0.0398. The summed E-state index contributed by atoms with van der Waals surface area (Å²) in [4.78, 5) is 24.1. The van der Waals surface area contributed by atoms with Gasteiger partial charge in [0.1, 0.15) is 5.69 Å². The van der Waals surface area contributed by atoms with Crippen molar-refractivity contribution in [1.82, 2.24) is 4.90 Å². The number of nitro groups is 1. The highest BCUT2D eigenvalue weighted by atomic mass is 16.6. The van der Waals surface area contributed by atoms with Gasteiger partial charge in [0.2, 0.25) is 5.91 Å². The predicted octanol–water partition coefficient (Wildman–Crippen LogP) is 2.02. The maximum absolute atomic E-state index is 11.8. The van der Waals surface area contributed by atoms with Crippen molar-refractivity contribution < 1.29 is 9.72 Å². The van der Waals surface area contributed by atoms with Crippen molar-refractivity contribution in [2.75, 3.05) is 11.9 Å². The lowest BCUT2D eigenvalue weighted by molar-refractivity contribution is -0.384. The number of amides is 1. The lowest BCUT2D eigenvalue weighted by Gasteiger charge is -2.21. The molecule has 1 saturated heterocycles. The summed E-state index contributed by atoms with van der Waals surface area (Å²) in [6.07, 6.45) is 0.379. The fourth-order valence-corrected chi connectivity index (χ4v) is 2.30. The molecule has 0 spiro atoms. The zero-order valence-corrected chi connectivity index (χ0v) is 11.0. The number of rotatable bonds is 4. The highest BCUT2D eigenvalue weighted by Crippen LogP contribution is 2.26. The molecule has 1 aromatic rings. The molecule has 19 heavy (non-hydrogen) atoms. The largest absolute Gasteiger partial charge is 0.374 e. The fourth-order valence-electron chi connectivity index (χ4n) is 2.30. The monoisotopic (exact) mass is 263 g/mol. The molecule has 0 saturated carbocycles. The van der Waals surface area contributed by atoms with E-state index in [1.165, 1.54) is 6.07 Å². The summed E-state index contributed by atoms with van der Waals surface area (Å²) < 4.78 is 0. The average molecular weight is 263 g/mol. The zero-order valence-electron chi connectivity index (χ0n) is 11.0. The number of hydrogen-bond donors (Lipinski definition) is 1. The van der Waals surface area contributed by atoms with E-state index in [-0.39, 0.29) is 23.7 Å². The van der Waals surface area contributed by atoms with Crippen molar-refractivity contribution in [2.45, 2.75) is 32.4 Å². The van der Waals surface area contributed by atoms with E-state index < -0.39 is 4.92 Å². The Labute approximate surface area is 111 Å². The normalized spacial score (nSPS) is 19.0. The topological polar surface area (TPSA) is 75.5 Å². The maximum Gasteiger partial charge on any atom is 0.292 e. The molecule has 0 aliphatic carbocycles.